The van der Waals surface area contributed by atoms with E-state index >= 15 is 0 Å². The fourth-order valence-corrected chi connectivity index (χ4v) is 5.87. The predicted molar refractivity (Wildman–Crippen MR) is 142 cm³/mol. The van der Waals surface area contributed by atoms with Gasteiger partial charge in [-0.05, 0) is 24.3 Å². The van der Waals surface area contributed by atoms with Crippen LogP contribution in [-0.4, -0.2) is 55.1 Å². The molecule has 0 saturated heterocycles. The largest absolute Gasteiger partial charge is 0.496 e. The van der Waals surface area contributed by atoms with Crippen molar-refractivity contribution in [3.05, 3.63) is 76.5 Å². The van der Waals surface area contributed by atoms with Crippen molar-refractivity contribution in [1.82, 2.24) is 4.72 Å². The van der Waals surface area contributed by atoms with Crippen molar-refractivity contribution >= 4 is 26.2 Å². The molecule has 206 valence electrons. The molecule has 0 radical (unpaired) electrons. The van der Waals surface area contributed by atoms with E-state index < -0.39 is 30.9 Å². The Kier molecular flexibility index (Phi) is 8.31. The first-order chi connectivity index (χ1) is 17.8. The van der Waals surface area contributed by atoms with Crippen LogP contribution in [0.25, 0.3) is 6.08 Å². The number of ether oxygens (including phenoxy) is 4. The molecule has 0 heterocycles. The highest BCUT2D eigenvalue weighted by atomic mass is 32.2. The van der Waals surface area contributed by atoms with Crippen LogP contribution < -0.4 is 35.1 Å². The zero-order valence-corrected chi connectivity index (χ0v) is 22.7. The van der Waals surface area contributed by atoms with Crippen LogP contribution in [0.15, 0.2) is 65.4 Å². The summed E-state index contributed by atoms with van der Waals surface area (Å²) in [4.78, 5) is 0. The van der Waals surface area contributed by atoms with E-state index in [1.165, 1.54) is 40.6 Å². The van der Waals surface area contributed by atoms with Gasteiger partial charge in [0.05, 0.1) is 56.3 Å². The molecule has 12 nitrogen and oxygen atoms in total. The monoisotopic (exact) mass is 567 g/mol. The molecule has 0 bridgehead atoms. The number of hydrogen-bond donors (Lipinski definition) is 4. The molecule has 2 aromatic carbocycles. The zero-order chi connectivity index (χ0) is 28.3. The van der Waals surface area contributed by atoms with Gasteiger partial charge in [0.25, 0.3) is 20.1 Å². The summed E-state index contributed by atoms with van der Waals surface area (Å²) in [6, 6.07) is 9.42. The highest BCUT2D eigenvalue weighted by molar-refractivity contribution is 7.92. The average Bonchev–Trinajstić information content (AvgIpc) is 2.87. The molecule has 3 rings (SSSR count). The number of nitrogens with two attached hydrogens (primary N) is 2. The van der Waals surface area contributed by atoms with Gasteiger partial charge in [-0.15, -0.1) is 0 Å². The molecule has 2 atom stereocenters. The highest BCUT2D eigenvalue weighted by Crippen LogP contribution is 2.39. The summed E-state index contributed by atoms with van der Waals surface area (Å²) in [5, 5.41) is -0.983. The molecule has 0 fully saturated rings. The van der Waals surface area contributed by atoms with Crippen molar-refractivity contribution in [2.24, 2.45) is 11.5 Å². The average molecular weight is 568 g/mol. The van der Waals surface area contributed by atoms with Gasteiger partial charge in [0, 0.05) is 17.7 Å². The van der Waals surface area contributed by atoms with Gasteiger partial charge in [-0.3, -0.25) is 9.27 Å². The molecule has 14 heteroatoms. The standard InChI is InChI=1S/C24H29N3O9S2/c1-33-15-11-21(35-3)16(22(12-15)36-4)9-10-37(28,29)27-19-13-23(38(30,31)32)24(26,14-18(19)25)17-7-5-6-8-20(17)34-2/h5-14,23,27H,25-26H2,1-4H3,(H,30,31,32)/b10-9+. The second-order valence-electron chi connectivity index (χ2n) is 8.14. The fourth-order valence-electron chi connectivity index (χ4n) is 4.00. The van der Waals surface area contributed by atoms with Crippen molar-refractivity contribution in [2.75, 3.05) is 28.4 Å². The summed E-state index contributed by atoms with van der Waals surface area (Å²) in [5.74, 6) is 1.23. The lowest BCUT2D eigenvalue weighted by Gasteiger charge is -2.36. The zero-order valence-electron chi connectivity index (χ0n) is 21.0. The van der Waals surface area contributed by atoms with E-state index in [4.69, 9.17) is 30.4 Å². The molecule has 0 saturated carbocycles. The maximum absolute atomic E-state index is 12.9. The maximum atomic E-state index is 12.9. The lowest BCUT2D eigenvalue weighted by Crippen LogP contribution is -2.52. The van der Waals surface area contributed by atoms with E-state index in [0.29, 0.717) is 11.3 Å². The van der Waals surface area contributed by atoms with E-state index in [-0.39, 0.29) is 34.2 Å². The van der Waals surface area contributed by atoms with Crippen molar-refractivity contribution in [3.63, 3.8) is 0 Å². The number of sulfonamides is 1. The van der Waals surface area contributed by atoms with Crippen LogP contribution >= 0.6 is 0 Å². The molecular weight excluding hydrogens is 538 g/mol. The third-order valence-corrected chi connectivity index (χ3v) is 7.97. The molecule has 38 heavy (non-hydrogen) atoms. The molecular formula is C24H29N3O9S2. The normalized spacial score (nSPS) is 19.9. The smallest absolute Gasteiger partial charge is 0.274 e. The summed E-state index contributed by atoms with van der Waals surface area (Å²) < 4.78 is 84.0. The minimum Gasteiger partial charge on any atom is -0.496 e. The van der Waals surface area contributed by atoms with Crippen LogP contribution in [-0.2, 0) is 25.7 Å². The first kappa shape index (κ1) is 28.8. The quantitative estimate of drug-likeness (QED) is 0.304. The summed E-state index contributed by atoms with van der Waals surface area (Å²) in [7, 11) is -3.50. The molecule has 0 aliphatic heterocycles. The molecule has 0 aromatic heterocycles. The van der Waals surface area contributed by atoms with Gasteiger partial charge in [0.1, 0.15) is 28.2 Å². The van der Waals surface area contributed by atoms with Crippen molar-refractivity contribution in [3.8, 4) is 23.0 Å². The summed E-state index contributed by atoms with van der Waals surface area (Å²) in [5.41, 5.74) is 10.8. The van der Waals surface area contributed by atoms with Gasteiger partial charge in [-0.25, -0.2) is 8.42 Å². The Morgan fingerprint density at radius 3 is 2.05 bits per heavy atom. The summed E-state index contributed by atoms with van der Waals surface area (Å²) >= 11 is 0. The maximum Gasteiger partial charge on any atom is 0.274 e. The first-order valence-corrected chi connectivity index (χ1v) is 13.9. The predicted octanol–water partition coefficient (Wildman–Crippen LogP) is 1.46. The number of rotatable bonds is 10. The number of para-hydroxylation sites is 1. The molecule has 2 aromatic rings. The second-order valence-corrected chi connectivity index (χ2v) is 11.2. The third kappa shape index (κ3) is 5.88. The van der Waals surface area contributed by atoms with Crippen molar-refractivity contribution in [2.45, 2.75) is 10.8 Å². The molecule has 6 N–H and O–H groups in total. The van der Waals surface area contributed by atoms with Crippen molar-refractivity contribution < 1.29 is 40.3 Å². The SMILES string of the molecule is COc1cc(OC)c(/C=C/S(=O)(=O)NC2=CC(S(=O)(=O)O)C(N)(c3ccccc3OC)C=C2N)c(OC)c1. The van der Waals surface area contributed by atoms with Gasteiger partial charge in [0.2, 0.25) is 0 Å². The number of nitrogens with one attached hydrogen (secondary N) is 1. The van der Waals surface area contributed by atoms with Crippen LogP contribution in [0.2, 0.25) is 0 Å². The number of methoxy groups -OCH3 is 4. The highest BCUT2D eigenvalue weighted by Gasteiger charge is 2.46. The second kappa shape index (κ2) is 10.9. The first-order valence-electron chi connectivity index (χ1n) is 10.9. The minimum absolute atomic E-state index is 0.171. The summed E-state index contributed by atoms with van der Waals surface area (Å²) in [6.07, 6.45) is 3.32. The van der Waals surface area contributed by atoms with Gasteiger partial charge in [0.15, 0.2) is 0 Å². The van der Waals surface area contributed by atoms with Crippen LogP contribution in [0.1, 0.15) is 11.1 Å². The molecule has 1 aliphatic carbocycles. The van der Waals surface area contributed by atoms with Gasteiger partial charge in [-0.1, -0.05) is 18.2 Å². The van der Waals surface area contributed by atoms with E-state index in [2.05, 4.69) is 4.72 Å². The van der Waals surface area contributed by atoms with E-state index in [9.17, 15) is 21.4 Å². The van der Waals surface area contributed by atoms with Crippen LogP contribution in [0.5, 0.6) is 23.0 Å². The number of benzene rings is 2. The van der Waals surface area contributed by atoms with Crippen molar-refractivity contribution in [1.29, 1.82) is 0 Å². The van der Waals surface area contributed by atoms with E-state index in [0.717, 1.165) is 17.6 Å². The Labute approximate surface area is 221 Å². The third-order valence-electron chi connectivity index (χ3n) is 5.81. The fraction of sp³-hybridized carbons (Fsp3) is 0.250. The van der Waals surface area contributed by atoms with E-state index in [1.807, 2.05) is 0 Å². The number of hydrogen-bond acceptors (Lipinski definition) is 10. The molecule has 2 unspecified atom stereocenters. The van der Waals surface area contributed by atoms with Gasteiger partial charge >= 0.3 is 0 Å². The molecule has 0 amide bonds. The Morgan fingerprint density at radius 1 is 0.947 bits per heavy atom. The molecule has 0 spiro atoms. The van der Waals surface area contributed by atoms with E-state index in [1.54, 1.807) is 30.3 Å². The molecule has 1 aliphatic rings. The van der Waals surface area contributed by atoms with Gasteiger partial charge < -0.3 is 30.4 Å². The Morgan fingerprint density at radius 2 is 1.53 bits per heavy atom. The Hall–Kier alpha value is -3.72. The van der Waals surface area contributed by atoms with Crippen LogP contribution in [0.3, 0.4) is 0 Å². The Bertz CT molecular complexity index is 1490. The Balaban J connectivity index is 2.02. The minimum atomic E-state index is -4.85. The lowest BCUT2D eigenvalue weighted by molar-refractivity contribution is 0.374. The summed E-state index contributed by atoms with van der Waals surface area (Å²) in [6.45, 7) is 0. The topological polar surface area (TPSA) is 189 Å². The lowest BCUT2D eigenvalue weighted by atomic mass is 9.82. The van der Waals surface area contributed by atoms with Gasteiger partial charge in [-0.2, -0.15) is 8.42 Å². The van der Waals surface area contributed by atoms with Crippen LogP contribution in [0, 0.1) is 0 Å². The van der Waals surface area contributed by atoms with Crippen LogP contribution in [0.4, 0.5) is 0 Å².